The lowest BCUT2D eigenvalue weighted by atomic mass is 10.1. The van der Waals surface area contributed by atoms with Gasteiger partial charge in [0.15, 0.2) is 5.96 Å². The number of nitrogens with zero attached hydrogens (tertiary/aromatic N) is 1. The Hall–Kier alpha value is -1.24. The summed E-state index contributed by atoms with van der Waals surface area (Å²) in [6.45, 7) is 10.3. The molecule has 2 rings (SSSR count). The summed E-state index contributed by atoms with van der Waals surface area (Å²) in [4.78, 5) is 8.05. The molecular formula is C18H29IN4. The van der Waals surface area contributed by atoms with Crippen LogP contribution in [0.3, 0.4) is 0 Å². The molecule has 0 fully saturated rings. The quantitative estimate of drug-likeness (QED) is 0.370. The van der Waals surface area contributed by atoms with Crippen LogP contribution in [0.25, 0.3) is 10.9 Å². The monoisotopic (exact) mass is 428 g/mol. The molecule has 0 aliphatic carbocycles. The number of aromatic nitrogens is 1. The zero-order valence-electron chi connectivity index (χ0n) is 14.6. The summed E-state index contributed by atoms with van der Waals surface area (Å²) in [6.07, 6.45) is 4.15. The molecule has 5 heteroatoms. The van der Waals surface area contributed by atoms with E-state index in [9.17, 15) is 0 Å². The minimum absolute atomic E-state index is 0. The van der Waals surface area contributed by atoms with E-state index in [1.165, 1.54) is 22.0 Å². The smallest absolute Gasteiger partial charge is 0.191 e. The molecule has 1 heterocycles. The first-order valence-electron chi connectivity index (χ1n) is 8.26. The summed E-state index contributed by atoms with van der Waals surface area (Å²) in [6, 6.07) is 6.82. The maximum atomic E-state index is 4.69. The van der Waals surface area contributed by atoms with Crippen molar-refractivity contribution in [2.45, 2.75) is 46.6 Å². The van der Waals surface area contributed by atoms with Gasteiger partial charge in [0.25, 0.3) is 0 Å². The van der Waals surface area contributed by atoms with Gasteiger partial charge in [0, 0.05) is 36.2 Å². The highest BCUT2D eigenvalue weighted by molar-refractivity contribution is 14.0. The van der Waals surface area contributed by atoms with Gasteiger partial charge < -0.3 is 15.6 Å². The maximum absolute atomic E-state index is 4.69. The molecule has 0 radical (unpaired) electrons. The Balaban J connectivity index is 0.00000264. The van der Waals surface area contributed by atoms with Crippen LogP contribution >= 0.6 is 24.0 Å². The number of benzene rings is 1. The normalized spacial score (nSPS) is 12.8. The first-order chi connectivity index (χ1) is 10.7. The SMILES string of the molecule is CCNC(=NCCc1c[nH]c2cccc(C)c12)NC(C)CC.I. The number of rotatable bonds is 6. The highest BCUT2D eigenvalue weighted by Gasteiger charge is 2.06. The minimum Gasteiger partial charge on any atom is -0.361 e. The summed E-state index contributed by atoms with van der Waals surface area (Å²) in [5.41, 5.74) is 3.88. The van der Waals surface area contributed by atoms with Crippen LogP contribution in [-0.2, 0) is 6.42 Å². The molecule has 0 spiro atoms. The Kier molecular flexibility index (Phi) is 8.44. The second-order valence-electron chi connectivity index (χ2n) is 5.78. The molecule has 0 bridgehead atoms. The predicted octanol–water partition coefficient (Wildman–Crippen LogP) is 3.99. The fourth-order valence-corrected chi connectivity index (χ4v) is 2.59. The summed E-state index contributed by atoms with van der Waals surface area (Å²) < 4.78 is 0. The number of aryl methyl sites for hydroxylation is 1. The van der Waals surface area contributed by atoms with Crippen molar-refractivity contribution in [2.75, 3.05) is 13.1 Å². The molecule has 0 aliphatic rings. The van der Waals surface area contributed by atoms with E-state index in [0.29, 0.717) is 6.04 Å². The Morgan fingerprint density at radius 2 is 2.09 bits per heavy atom. The number of halogens is 1. The van der Waals surface area contributed by atoms with Crippen molar-refractivity contribution in [1.82, 2.24) is 15.6 Å². The van der Waals surface area contributed by atoms with Crippen molar-refractivity contribution >= 4 is 40.8 Å². The average Bonchev–Trinajstić information content (AvgIpc) is 2.92. The van der Waals surface area contributed by atoms with E-state index < -0.39 is 0 Å². The zero-order chi connectivity index (χ0) is 15.9. The molecule has 0 saturated carbocycles. The second-order valence-corrected chi connectivity index (χ2v) is 5.78. The molecule has 2 aromatic rings. The molecule has 1 aromatic heterocycles. The van der Waals surface area contributed by atoms with Crippen LogP contribution in [0.15, 0.2) is 29.4 Å². The summed E-state index contributed by atoms with van der Waals surface area (Å²) >= 11 is 0. The number of aromatic amines is 1. The fourth-order valence-electron chi connectivity index (χ4n) is 2.59. The van der Waals surface area contributed by atoms with Crippen LogP contribution in [0, 0.1) is 6.92 Å². The van der Waals surface area contributed by atoms with Gasteiger partial charge >= 0.3 is 0 Å². The van der Waals surface area contributed by atoms with Gasteiger partial charge in [-0.3, -0.25) is 4.99 Å². The van der Waals surface area contributed by atoms with Crippen LogP contribution in [0.1, 0.15) is 38.3 Å². The van der Waals surface area contributed by atoms with Crippen LogP contribution < -0.4 is 10.6 Å². The Morgan fingerprint density at radius 1 is 1.30 bits per heavy atom. The van der Waals surface area contributed by atoms with Crippen LogP contribution in [-0.4, -0.2) is 30.1 Å². The second kappa shape index (κ2) is 9.80. The van der Waals surface area contributed by atoms with Gasteiger partial charge in [0.1, 0.15) is 0 Å². The molecule has 1 aromatic carbocycles. The van der Waals surface area contributed by atoms with Crippen molar-refractivity contribution in [3.63, 3.8) is 0 Å². The van der Waals surface area contributed by atoms with E-state index in [2.05, 4.69) is 67.7 Å². The summed E-state index contributed by atoms with van der Waals surface area (Å²) in [5.74, 6) is 0.911. The number of fused-ring (bicyclic) bond motifs is 1. The van der Waals surface area contributed by atoms with Gasteiger partial charge in [0.2, 0.25) is 0 Å². The molecule has 23 heavy (non-hydrogen) atoms. The molecule has 128 valence electrons. The van der Waals surface area contributed by atoms with Crippen molar-refractivity contribution < 1.29 is 0 Å². The van der Waals surface area contributed by atoms with Gasteiger partial charge in [-0.25, -0.2) is 0 Å². The van der Waals surface area contributed by atoms with E-state index >= 15 is 0 Å². The van der Waals surface area contributed by atoms with Crippen LogP contribution in [0.4, 0.5) is 0 Å². The predicted molar refractivity (Wildman–Crippen MR) is 111 cm³/mol. The third kappa shape index (κ3) is 5.41. The Bertz CT molecular complexity index is 633. The van der Waals surface area contributed by atoms with Gasteiger partial charge in [0.05, 0.1) is 0 Å². The standard InChI is InChI=1S/C18H28N4.HI/c1-5-14(4)22-18(19-6-2)20-11-10-15-12-21-16-9-7-8-13(3)17(15)16;/h7-9,12,14,21H,5-6,10-11H2,1-4H3,(H2,19,20,22);1H. The molecule has 1 atom stereocenters. The number of hydrogen-bond acceptors (Lipinski definition) is 1. The number of guanidine groups is 1. The highest BCUT2D eigenvalue weighted by Crippen LogP contribution is 2.22. The molecule has 0 aliphatic heterocycles. The van der Waals surface area contributed by atoms with Gasteiger partial charge in [-0.05, 0) is 50.8 Å². The number of hydrogen-bond donors (Lipinski definition) is 3. The van der Waals surface area contributed by atoms with Crippen LogP contribution in [0.2, 0.25) is 0 Å². The van der Waals surface area contributed by atoms with Crippen molar-refractivity contribution in [2.24, 2.45) is 4.99 Å². The fraction of sp³-hybridized carbons (Fsp3) is 0.500. The lowest BCUT2D eigenvalue weighted by molar-refractivity contribution is 0.624. The average molecular weight is 428 g/mol. The van der Waals surface area contributed by atoms with Crippen molar-refractivity contribution in [1.29, 1.82) is 0 Å². The van der Waals surface area contributed by atoms with Crippen molar-refractivity contribution in [3.8, 4) is 0 Å². The lowest BCUT2D eigenvalue weighted by Gasteiger charge is -2.16. The third-order valence-corrected chi connectivity index (χ3v) is 3.99. The molecular weight excluding hydrogens is 399 g/mol. The van der Waals surface area contributed by atoms with E-state index in [0.717, 1.165) is 31.9 Å². The number of aliphatic imine (C=N–C) groups is 1. The van der Waals surface area contributed by atoms with Crippen molar-refractivity contribution in [3.05, 3.63) is 35.5 Å². The molecule has 4 nitrogen and oxygen atoms in total. The summed E-state index contributed by atoms with van der Waals surface area (Å²) in [5, 5.41) is 8.08. The third-order valence-electron chi connectivity index (χ3n) is 3.99. The number of nitrogens with one attached hydrogen (secondary N) is 3. The summed E-state index contributed by atoms with van der Waals surface area (Å²) in [7, 11) is 0. The largest absolute Gasteiger partial charge is 0.361 e. The first kappa shape index (κ1) is 19.8. The van der Waals surface area contributed by atoms with Gasteiger partial charge in [-0.15, -0.1) is 24.0 Å². The molecule has 3 N–H and O–H groups in total. The van der Waals surface area contributed by atoms with E-state index in [-0.39, 0.29) is 24.0 Å². The maximum Gasteiger partial charge on any atom is 0.191 e. The van der Waals surface area contributed by atoms with E-state index in [4.69, 9.17) is 4.99 Å². The van der Waals surface area contributed by atoms with Gasteiger partial charge in [-0.1, -0.05) is 19.1 Å². The highest BCUT2D eigenvalue weighted by atomic mass is 127. The van der Waals surface area contributed by atoms with Crippen LogP contribution in [0.5, 0.6) is 0 Å². The Labute approximate surface area is 156 Å². The topological polar surface area (TPSA) is 52.2 Å². The van der Waals surface area contributed by atoms with E-state index in [1.54, 1.807) is 0 Å². The lowest BCUT2D eigenvalue weighted by Crippen LogP contribution is -2.42. The Morgan fingerprint density at radius 3 is 2.78 bits per heavy atom. The van der Waals surface area contributed by atoms with E-state index in [1.807, 2.05) is 0 Å². The molecule has 1 unspecified atom stereocenters. The minimum atomic E-state index is 0. The van der Waals surface area contributed by atoms with Gasteiger partial charge in [-0.2, -0.15) is 0 Å². The zero-order valence-corrected chi connectivity index (χ0v) is 16.9. The molecule has 0 saturated heterocycles. The first-order valence-corrected chi connectivity index (χ1v) is 8.26. The number of H-pyrrole nitrogens is 1. The molecule has 0 amide bonds.